The van der Waals surface area contributed by atoms with E-state index in [0.29, 0.717) is 21.0 Å². The molecule has 7 heteroatoms. The third-order valence-corrected chi connectivity index (χ3v) is 3.96. The SMILES string of the molecule is Cc1cc2c(c(=O)n1O)[C@@H](c1cccc(Cl)c1)C(C#N)=C(N)O2. The van der Waals surface area contributed by atoms with Crippen LogP contribution in [0, 0.1) is 18.3 Å². The Balaban J connectivity index is 2.36. The smallest absolute Gasteiger partial charge is 0.291 e. The van der Waals surface area contributed by atoms with Crippen LogP contribution >= 0.6 is 11.6 Å². The molecular formula is C16H12ClN3O3. The van der Waals surface area contributed by atoms with Crippen molar-refractivity contribution in [3.63, 3.8) is 0 Å². The molecule has 1 aromatic carbocycles. The lowest BCUT2D eigenvalue weighted by molar-refractivity contribution is 0.165. The number of aryl methyl sites for hydroxylation is 1. The maximum Gasteiger partial charge on any atom is 0.291 e. The summed E-state index contributed by atoms with van der Waals surface area (Å²) in [7, 11) is 0. The summed E-state index contributed by atoms with van der Waals surface area (Å²) in [5.41, 5.74) is 6.33. The van der Waals surface area contributed by atoms with Crippen LogP contribution in [0.1, 0.15) is 22.7 Å². The molecule has 0 radical (unpaired) electrons. The normalized spacial score (nSPS) is 16.5. The Hall–Kier alpha value is -2.91. The fourth-order valence-corrected chi connectivity index (χ4v) is 2.86. The zero-order chi connectivity index (χ0) is 16.7. The molecule has 0 amide bonds. The van der Waals surface area contributed by atoms with Crippen LogP contribution in [0.4, 0.5) is 0 Å². The highest BCUT2D eigenvalue weighted by Gasteiger charge is 2.34. The van der Waals surface area contributed by atoms with E-state index in [1.165, 1.54) is 6.07 Å². The van der Waals surface area contributed by atoms with E-state index in [0.717, 1.165) is 0 Å². The van der Waals surface area contributed by atoms with Gasteiger partial charge in [-0.15, -0.1) is 0 Å². The molecule has 0 aliphatic carbocycles. The lowest BCUT2D eigenvalue weighted by Gasteiger charge is -2.26. The molecule has 0 unspecified atom stereocenters. The van der Waals surface area contributed by atoms with Gasteiger partial charge in [-0.1, -0.05) is 23.7 Å². The number of benzene rings is 1. The first-order chi connectivity index (χ1) is 10.9. The number of allylic oxidation sites excluding steroid dienone is 1. The van der Waals surface area contributed by atoms with E-state index in [-0.39, 0.29) is 22.8 Å². The van der Waals surface area contributed by atoms with E-state index in [2.05, 4.69) is 0 Å². The third kappa shape index (κ3) is 2.31. The van der Waals surface area contributed by atoms with Gasteiger partial charge in [0.1, 0.15) is 17.4 Å². The first-order valence-electron chi connectivity index (χ1n) is 6.73. The van der Waals surface area contributed by atoms with Crippen LogP contribution in [0.2, 0.25) is 5.02 Å². The first-order valence-corrected chi connectivity index (χ1v) is 7.10. The summed E-state index contributed by atoms with van der Waals surface area (Å²) in [4.78, 5) is 12.5. The summed E-state index contributed by atoms with van der Waals surface area (Å²) in [5, 5.41) is 19.8. The molecule has 23 heavy (non-hydrogen) atoms. The highest BCUT2D eigenvalue weighted by molar-refractivity contribution is 6.30. The van der Waals surface area contributed by atoms with Gasteiger partial charge in [0.05, 0.1) is 17.2 Å². The van der Waals surface area contributed by atoms with Gasteiger partial charge in [-0.2, -0.15) is 9.99 Å². The molecule has 2 aromatic rings. The van der Waals surface area contributed by atoms with E-state index < -0.39 is 11.5 Å². The monoisotopic (exact) mass is 329 g/mol. The second-order valence-electron chi connectivity index (χ2n) is 5.16. The van der Waals surface area contributed by atoms with Crippen molar-refractivity contribution in [3.8, 4) is 11.8 Å². The van der Waals surface area contributed by atoms with E-state index in [1.807, 2.05) is 6.07 Å². The predicted molar refractivity (Wildman–Crippen MR) is 83.4 cm³/mol. The average Bonchev–Trinajstić information content (AvgIpc) is 2.51. The number of fused-ring (bicyclic) bond motifs is 1. The van der Waals surface area contributed by atoms with Crippen molar-refractivity contribution in [1.29, 1.82) is 5.26 Å². The molecule has 3 N–H and O–H groups in total. The van der Waals surface area contributed by atoms with Gasteiger partial charge in [-0.25, -0.2) is 0 Å². The van der Waals surface area contributed by atoms with Crippen molar-refractivity contribution < 1.29 is 9.94 Å². The Bertz CT molecular complexity index is 941. The molecule has 1 aliphatic heterocycles. The number of hydrogen-bond acceptors (Lipinski definition) is 5. The molecule has 0 saturated heterocycles. The first kappa shape index (κ1) is 15.0. The van der Waals surface area contributed by atoms with Crippen molar-refractivity contribution in [1.82, 2.24) is 4.73 Å². The summed E-state index contributed by atoms with van der Waals surface area (Å²) in [6.07, 6.45) is 0. The minimum Gasteiger partial charge on any atom is -0.440 e. The maximum absolute atomic E-state index is 12.5. The van der Waals surface area contributed by atoms with E-state index in [4.69, 9.17) is 22.1 Å². The fraction of sp³-hybridized carbons (Fsp3) is 0.125. The molecule has 0 saturated carbocycles. The molecule has 1 atom stereocenters. The van der Waals surface area contributed by atoms with Gasteiger partial charge in [-0.3, -0.25) is 4.79 Å². The number of nitrogens with zero attached hydrogens (tertiary/aromatic N) is 2. The van der Waals surface area contributed by atoms with Gasteiger partial charge in [0.25, 0.3) is 5.56 Å². The number of halogens is 1. The van der Waals surface area contributed by atoms with Crippen LogP contribution in [-0.4, -0.2) is 9.94 Å². The van der Waals surface area contributed by atoms with E-state index in [1.54, 1.807) is 31.2 Å². The molecule has 1 aromatic heterocycles. The minimum absolute atomic E-state index is 0.0699. The van der Waals surface area contributed by atoms with Gasteiger partial charge in [0.2, 0.25) is 5.88 Å². The van der Waals surface area contributed by atoms with Crippen molar-refractivity contribution in [2.45, 2.75) is 12.8 Å². The summed E-state index contributed by atoms with van der Waals surface area (Å²) < 4.78 is 5.94. The number of hydrogen-bond donors (Lipinski definition) is 2. The van der Waals surface area contributed by atoms with Crippen LogP contribution in [0.3, 0.4) is 0 Å². The summed E-state index contributed by atoms with van der Waals surface area (Å²) in [6.45, 7) is 1.55. The second kappa shape index (κ2) is 5.38. The Morgan fingerprint density at radius 2 is 2.17 bits per heavy atom. The standard InChI is InChI=1S/C16H12ClN3O3/c1-8-5-12-14(16(21)20(8)22)13(11(7-18)15(19)23-12)9-3-2-4-10(17)6-9/h2-6,13,22H,19H2,1H3/t13-/m0/s1. The highest BCUT2D eigenvalue weighted by Crippen LogP contribution is 2.40. The molecule has 3 rings (SSSR count). The number of nitrogens with two attached hydrogens (primary N) is 1. The molecule has 0 spiro atoms. The van der Waals surface area contributed by atoms with Gasteiger partial charge in [0, 0.05) is 11.1 Å². The van der Waals surface area contributed by atoms with E-state index in [9.17, 15) is 15.3 Å². The van der Waals surface area contributed by atoms with E-state index >= 15 is 0 Å². The Labute approximate surface area is 136 Å². The van der Waals surface area contributed by atoms with Crippen LogP contribution in [0.25, 0.3) is 0 Å². The van der Waals surface area contributed by atoms with Crippen LogP contribution in [0.15, 0.2) is 46.6 Å². The molecule has 1 aliphatic rings. The van der Waals surface area contributed by atoms with Gasteiger partial charge in [0.15, 0.2) is 0 Å². The predicted octanol–water partition coefficient (Wildman–Crippen LogP) is 2.27. The quantitative estimate of drug-likeness (QED) is 0.781. The Morgan fingerprint density at radius 3 is 2.83 bits per heavy atom. The molecular weight excluding hydrogens is 318 g/mol. The lowest BCUT2D eigenvalue weighted by Crippen LogP contribution is -2.31. The number of pyridine rings is 1. The third-order valence-electron chi connectivity index (χ3n) is 3.73. The van der Waals surface area contributed by atoms with Crippen LogP contribution < -0.4 is 16.0 Å². The van der Waals surface area contributed by atoms with Crippen LogP contribution in [-0.2, 0) is 0 Å². The number of nitriles is 1. The second-order valence-corrected chi connectivity index (χ2v) is 5.60. The molecule has 0 fully saturated rings. The Kier molecular flexibility index (Phi) is 3.51. The number of ether oxygens (including phenoxy) is 1. The molecule has 116 valence electrons. The fourth-order valence-electron chi connectivity index (χ4n) is 2.66. The zero-order valence-electron chi connectivity index (χ0n) is 12.1. The highest BCUT2D eigenvalue weighted by atomic mass is 35.5. The zero-order valence-corrected chi connectivity index (χ0v) is 12.8. The topological polar surface area (TPSA) is 101 Å². The molecule has 0 bridgehead atoms. The minimum atomic E-state index is -0.756. The summed E-state index contributed by atoms with van der Waals surface area (Å²) in [5.74, 6) is -0.604. The number of aromatic nitrogens is 1. The largest absolute Gasteiger partial charge is 0.440 e. The average molecular weight is 330 g/mol. The lowest BCUT2D eigenvalue weighted by atomic mass is 9.84. The summed E-state index contributed by atoms with van der Waals surface area (Å²) >= 11 is 6.02. The van der Waals surface area contributed by atoms with Crippen molar-refractivity contribution in [3.05, 3.63) is 74.0 Å². The molecule has 2 heterocycles. The van der Waals surface area contributed by atoms with Crippen molar-refractivity contribution in [2.24, 2.45) is 5.73 Å². The van der Waals surface area contributed by atoms with Crippen LogP contribution in [0.5, 0.6) is 5.75 Å². The van der Waals surface area contributed by atoms with Crippen molar-refractivity contribution >= 4 is 11.6 Å². The summed E-state index contributed by atoms with van der Waals surface area (Å²) in [6, 6.07) is 10.3. The maximum atomic E-state index is 12.5. The van der Waals surface area contributed by atoms with Crippen molar-refractivity contribution in [2.75, 3.05) is 0 Å². The molecule has 6 nitrogen and oxygen atoms in total. The van der Waals surface area contributed by atoms with Gasteiger partial charge >= 0.3 is 0 Å². The van der Waals surface area contributed by atoms with Gasteiger partial charge < -0.3 is 15.7 Å². The number of rotatable bonds is 1. The Morgan fingerprint density at radius 1 is 1.43 bits per heavy atom. The van der Waals surface area contributed by atoms with Gasteiger partial charge in [-0.05, 0) is 24.6 Å².